The van der Waals surface area contributed by atoms with E-state index in [1.807, 2.05) is 4.90 Å². The quantitative estimate of drug-likeness (QED) is 0.868. The summed E-state index contributed by atoms with van der Waals surface area (Å²) in [6.07, 6.45) is 0. The van der Waals surface area contributed by atoms with Crippen LogP contribution in [0.4, 0.5) is 20.4 Å². The third-order valence-corrected chi connectivity index (χ3v) is 5.26. The number of hydrogen-bond donors (Lipinski definition) is 1. The number of sulfonamides is 1. The summed E-state index contributed by atoms with van der Waals surface area (Å²) in [5.74, 6) is -1.46. The molecular weight excluding hydrogens is 366 g/mol. The number of benzene rings is 1. The van der Waals surface area contributed by atoms with Crippen LogP contribution < -0.4 is 9.62 Å². The van der Waals surface area contributed by atoms with Gasteiger partial charge in [0.1, 0.15) is 11.6 Å². The first-order valence-electron chi connectivity index (χ1n) is 7.93. The molecular formula is C16H18F2N4O3S. The van der Waals surface area contributed by atoms with Crippen LogP contribution in [0.1, 0.15) is 11.4 Å². The van der Waals surface area contributed by atoms with Crippen molar-refractivity contribution in [3.63, 3.8) is 0 Å². The topological polar surface area (TPSA) is 84.4 Å². The Hall–Kier alpha value is -2.33. The van der Waals surface area contributed by atoms with E-state index in [1.54, 1.807) is 13.8 Å². The van der Waals surface area contributed by atoms with Crippen molar-refractivity contribution in [2.24, 2.45) is 0 Å². The molecule has 0 spiro atoms. The molecule has 10 heteroatoms. The Morgan fingerprint density at radius 2 is 1.58 bits per heavy atom. The highest BCUT2D eigenvalue weighted by atomic mass is 32.2. The van der Waals surface area contributed by atoms with E-state index in [4.69, 9.17) is 4.74 Å². The molecule has 1 fully saturated rings. The molecule has 0 saturated carbocycles. The zero-order chi connectivity index (χ0) is 18.9. The minimum Gasteiger partial charge on any atom is -0.378 e. The summed E-state index contributed by atoms with van der Waals surface area (Å²) in [7, 11) is -4.18. The Bertz CT molecular complexity index is 888. The van der Waals surface area contributed by atoms with Gasteiger partial charge < -0.3 is 9.64 Å². The van der Waals surface area contributed by atoms with Gasteiger partial charge in [0, 0.05) is 19.2 Å². The van der Waals surface area contributed by atoms with E-state index < -0.39 is 26.6 Å². The minimum absolute atomic E-state index is 0.187. The monoisotopic (exact) mass is 384 g/mol. The summed E-state index contributed by atoms with van der Waals surface area (Å²) in [6, 6.07) is 2.10. The minimum atomic E-state index is -4.18. The molecule has 0 atom stereocenters. The Labute approximate surface area is 150 Å². The molecule has 0 unspecified atom stereocenters. The van der Waals surface area contributed by atoms with Crippen LogP contribution in [-0.4, -0.2) is 44.7 Å². The zero-order valence-corrected chi connectivity index (χ0v) is 15.1. The third kappa shape index (κ3) is 3.91. The van der Waals surface area contributed by atoms with Gasteiger partial charge in [-0.2, -0.15) is 0 Å². The Balaban J connectivity index is 1.91. The molecule has 0 radical (unpaired) electrons. The average molecular weight is 384 g/mol. The van der Waals surface area contributed by atoms with Crippen molar-refractivity contribution in [3.8, 4) is 0 Å². The zero-order valence-electron chi connectivity index (χ0n) is 14.3. The first-order valence-corrected chi connectivity index (χ1v) is 9.41. The van der Waals surface area contributed by atoms with Crippen LogP contribution in [0.2, 0.25) is 0 Å². The van der Waals surface area contributed by atoms with Gasteiger partial charge in [0.05, 0.1) is 35.2 Å². The number of halogens is 2. The summed E-state index contributed by atoms with van der Waals surface area (Å²) in [5.41, 5.74) is 1.02. The molecule has 2 aromatic rings. The molecule has 26 heavy (non-hydrogen) atoms. The van der Waals surface area contributed by atoms with Crippen LogP contribution in [0.25, 0.3) is 0 Å². The normalized spacial score (nSPS) is 15.2. The molecule has 1 aromatic carbocycles. The Kier molecular flexibility index (Phi) is 5.05. The van der Waals surface area contributed by atoms with Crippen molar-refractivity contribution in [2.45, 2.75) is 18.7 Å². The SMILES string of the molecule is Cc1nc(N2CCOCC2)nc(C)c1NS(=O)(=O)c1cc(F)cc(F)c1. The van der Waals surface area contributed by atoms with E-state index in [0.29, 0.717) is 49.7 Å². The highest BCUT2D eigenvalue weighted by molar-refractivity contribution is 7.92. The molecule has 1 aliphatic heterocycles. The summed E-state index contributed by atoms with van der Waals surface area (Å²) >= 11 is 0. The maximum absolute atomic E-state index is 13.3. The van der Waals surface area contributed by atoms with E-state index in [1.165, 1.54) is 0 Å². The molecule has 1 N–H and O–H groups in total. The molecule has 7 nitrogen and oxygen atoms in total. The molecule has 1 aromatic heterocycles. The number of nitrogens with one attached hydrogen (secondary N) is 1. The van der Waals surface area contributed by atoms with Crippen LogP contribution in [0.3, 0.4) is 0 Å². The summed E-state index contributed by atoms with van der Waals surface area (Å²) in [5, 5.41) is 0. The lowest BCUT2D eigenvalue weighted by Gasteiger charge is -2.27. The van der Waals surface area contributed by atoms with Gasteiger partial charge >= 0.3 is 0 Å². The smallest absolute Gasteiger partial charge is 0.262 e. The summed E-state index contributed by atoms with van der Waals surface area (Å²) < 4.78 is 59.2. The number of nitrogens with zero attached hydrogens (tertiary/aromatic N) is 3. The predicted octanol–water partition coefficient (Wildman–Crippen LogP) is 2.01. The maximum atomic E-state index is 13.3. The predicted molar refractivity (Wildman–Crippen MR) is 91.7 cm³/mol. The number of anilines is 2. The van der Waals surface area contributed by atoms with Crippen LogP contribution >= 0.6 is 0 Å². The number of hydrogen-bond acceptors (Lipinski definition) is 6. The van der Waals surface area contributed by atoms with Crippen LogP contribution in [0.5, 0.6) is 0 Å². The average Bonchev–Trinajstić information content (AvgIpc) is 2.58. The van der Waals surface area contributed by atoms with E-state index in [9.17, 15) is 17.2 Å². The standard InChI is InChI=1S/C16H18F2N4O3S/c1-10-15(11(2)20-16(19-10)22-3-5-25-6-4-22)21-26(23,24)14-8-12(17)7-13(18)9-14/h7-9,21H,3-6H2,1-2H3. The van der Waals surface area contributed by atoms with Crippen molar-refractivity contribution in [1.29, 1.82) is 0 Å². The first kappa shape index (κ1) is 18.5. The van der Waals surface area contributed by atoms with Gasteiger partial charge in [-0.25, -0.2) is 27.2 Å². The van der Waals surface area contributed by atoms with Gasteiger partial charge in [-0.1, -0.05) is 0 Å². The number of aryl methyl sites for hydroxylation is 2. The Morgan fingerprint density at radius 3 is 2.12 bits per heavy atom. The molecule has 0 amide bonds. The lowest BCUT2D eigenvalue weighted by Crippen LogP contribution is -2.37. The number of rotatable bonds is 4. The molecule has 2 heterocycles. The molecule has 0 aliphatic carbocycles. The molecule has 1 aliphatic rings. The largest absolute Gasteiger partial charge is 0.378 e. The van der Waals surface area contributed by atoms with Gasteiger partial charge in [0.15, 0.2) is 0 Å². The van der Waals surface area contributed by atoms with Gasteiger partial charge in [-0.3, -0.25) is 4.72 Å². The number of ether oxygens (including phenoxy) is 1. The van der Waals surface area contributed by atoms with Gasteiger partial charge in [-0.05, 0) is 26.0 Å². The second kappa shape index (κ2) is 7.12. The highest BCUT2D eigenvalue weighted by Gasteiger charge is 2.22. The molecule has 0 bridgehead atoms. The van der Waals surface area contributed by atoms with E-state index in [0.717, 1.165) is 12.1 Å². The third-order valence-electron chi connectivity index (χ3n) is 3.94. The summed E-state index contributed by atoms with van der Waals surface area (Å²) in [4.78, 5) is 10.1. The van der Waals surface area contributed by atoms with Gasteiger partial charge in [0.25, 0.3) is 10.0 Å². The van der Waals surface area contributed by atoms with Crippen molar-refractivity contribution in [1.82, 2.24) is 9.97 Å². The Morgan fingerprint density at radius 1 is 1.04 bits per heavy atom. The number of morpholine rings is 1. The van der Waals surface area contributed by atoms with Crippen molar-refractivity contribution in [3.05, 3.63) is 41.2 Å². The highest BCUT2D eigenvalue weighted by Crippen LogP contribution is 2.24. The second-order valence-corrected chi connectivity index (χ2v) is 7.56. The lowest BCUT2D eigenvalue weighted by atomic mass is 10.3. The van der Waals surface area contributed by atoms with Crippen LogP contribution in [-0.2, 0) is 14.8 Å². The molecule has 1 saturated heterocycles. The van der Waals surface area contributed by atoms with Crippen molar-refractivity contribution >= 4 is 21.7 Å². The van der Waals surface area contributed by atoms with Gasteiger partial charge in [0.2, 0.25) is 5.95 Å². The van der Waals surface area contributed by atoms with E-state index in [-0.39, 0.29) is 5.69 Å². The molecule has 140 valence electrons. The van der Waals surface area contributed by atoms with Gasteiger partial charge in [-0.15, -0.1) is 0 Å². The van der Waals surface area contributed by atoms with Crippen molar-refractivity contribution < 1.29 is 21.9 Å². The number of aromatic nitrogens is 2. The van der Waals surface area contributed by atoms with Crippen molar-refractivity contribution in [2.75, 3.05) is 35.9 Å². The fraction of sp³-hybridized carbons (Fsp3) is 0.375. The fourth-order valence-corrected chi connectivity index (χ4v) is 3.85. The second-order valence-electron chi connectivity index (χ2n) is 5.88. The van der Waals surface area contributed by atoms with Crippen LogP contribution in [0.15, 0.2) is 23.1 Å². The maximum Gasteiger partial charge on any atom is 0.262 e. The summed E-state index contributed by atoms with van der Waals surface area (Å²) in [6.45, 7) is 5.71. The van der Waals surface area contributed by atoms with Crippen LogP contribution in [0, 0.1) is 25.5 Å². The van der Waals surface area contributed by atoms with E-state index >= 15 is 0 Å². The fourth-order valence-electron chi connectivity index (χ4n) is 2.63. The van der Waals surface area contributed by atoms with E-state index in [2.05, 4.69) is 14.7 Å². The molecule has 3 rings (SSSR count). The lowest BCUT2D eigenvalue weighted by molar-refractivity contribution is 0.122. The first-order chi connectivity index (χ1) is 12.3.